The number of carbonyl (C=O) groups excluding carboxylic acids is 3. The van der Waals surface area contributed by atoms with Crippen molar-refractivity contribution >= 4 is 80.7 Å². The van der Waals surface area contributed by atoms with Crippen LogP contribution in [0, 0.1) is 0 Å². The number of benzene rings is 3. The first kappa shape index (κ1) is 48.5. The fourth-order valence-electron chi connectivity index (χ4n) is 5.46. The number of primary amides is 1. The Balaban J connectivity index is 1.69. The number of nitrogens with one attached hydrogen (secondary N) is 2. The smallest absolute Gasteiger partial charge is 0.368 e. The average molecular weight is 1080 g/mol. The van der Waals surface area contributed by atoms with Crippen molar-refractivity contribution in [2.45, 2.75) is 48.1 Å². The molecule has 1 unspecified atom stereocenters. The first-order valence-electron chi connectivity index (χ1n) is 16.1. The van der Waals surface area contributed by atoms with E-state index in [9.17, 15) is 36.7 Å². The van der Waals surface area contributed by atoms with E-state index >= 15 is 17.6 Å². The zero-order valence-electron chi connectivity index (χ0n) is 30.2. The summed E-state index contributed by atoms with van der Waals surface area (Å²) in [5.41, 5.74) is -8.35. The van der Waals surface area contributed by atoms with Gasteiger partial charge in [0, 0.05) is 69.8 Å². The molecule has 3 amide bonds. The molecule has 1 aliphatic rings. The van der Waals surface area contributed by atoms with Crippen LogP contribution in [-0.2, 0) is 66.7 Å². The molecule has 1 aliphatic heterocycles. The van der Waals surface area contributed by atoms with Gasteiger partial charge in [-0.05, 0) is 41.5 Å². The molecular weight excluding hydrogens is 1050 g/mol. The van der Waals surface area contributed by atoms with Crippen LogP contribution in [0.3, 0.4) is 0 Å². The van der Waals surface area contributed by atoms with Gasteiger partial charge in [-0.25, -0.2) is 10.5 Å². The van der Waals surface area contributed by atoms with E-state index in [0.29, 0.717) is 7.11 Å². The monoisotopic (exact) mass is 1070 g/mol. The standard InChI is InChI=1S/C32H30Br3F7N6O9P2/c1-54-58(52,55-2)30(36,37)20-6-5-16(9-22(20)34)11-25(46-27(50)17-12-18(14-19(33)13-17)29(47-48-29)32(40,41)42)28(51)45-24(26(43)49)10-15-4-7-21(23(35)8-15)31(38,39)59(53,56-3)57-44/h4-9,12-14,24-25H,10-11,44H2,1-3H3,(H2,43,49)(H,45,51)(H,46,50)/t24-,25-,59?/m0/s1. The fraction of sp³-hybridized carbons (Fsp3) is 0.344. The van der Waals surface area contributed by atoms with Gasteiger partial charge >= 0.3 is 38.4 Å². The number of amides is 3. The maximum Gasteiger partial charge on any atom is 0.442 e. The zero-order chi connectivity index (χ0) is 44.5. The third-order valence-corrected chi connectivity index (χ3v) is 14.0. The highest BCUT2D eigenvalue weighted by molar-refractivity contribution is 9.11. The van der Waals surface area contributed by atoms with E-state index < -0.39 is 103 Å². The van der Waals surface area contributed by atoms with Gasteiger partial charge in [0.05, 0.1) is 0 Å². The van der Waals surface area contributed by atoms with Gasteiger partial charge in [-0.3, -0.25) is 23.5 Å². The Bertz CT molecular complexity index is 2250. The van der Waals surface area contributed by atoms with Crippen LogP contribution in [0.25, 0.3) is 0 Å². The Morgan fingerprint density at radius 2 is 1.22 bits per heavy atom. The molecule has 1 heterocycles. The Labute approximate surface area is 354 Å². The second-order valence-corrected chi connectivity index (χ2v) is 19.4. The minimum atomic E-state index is -5.20. The first-order chi connectivity index (χ1) is 27.3. The molecule has 0 saturated heterocycles. The highest BCUT2D eigenvalue weighted by Gasteiger charge is 2.65. The Morgan fingerprint density at radius 3 is 1.63 bits per heavy atom. The van der Waals surface area contributed by atoms with E-state index in [1.807, 2.05) is 0 Å². The normalized spacial score (nSPS) is 16.2. The van der Waals surface area contributed by atoms with Crippen molar-refractivity contribution in [2.24, 2.45) is 21.9 Å². The zero-order valence-corrected chi connectivity index (χ0v) is 36.7. The van der Waals surface area contributed by atoms with E-state index in [1.165, 1.54) is 0 Å². The van der Waals surface area contributed by atoms with Crippen molar-refractivity contribution in [1.82, 2.24) is 10.6 Å². The highest BCUT2D eigenvalue weighted by Crippen LogP contribution is 2.67. The number of hydrogen-bond acceptors (Lipinski definition) is 12. The maximum absolute atomic E-state index is 15.3. The Hall–Kier alpha value is -3.12. The lowest BCUT2D eigenvalue weighted by Gasteiger charge is -2.26. The summed E-state index contributed by atoms with van der Waals surface area (Å²) in [7, 11) is -8.04. The molecule has 0 radical (unpaired) electrons. The van der Waals surface area contributed by atoms with Gasteiger partial charge in [-0.2, -0.15) is 30.7 Å². The average Bonchev–Trinajstić information content (AvgIpc) is 3.99. The molecule has 59 heavy (non-hydrogen) atoms. The number of alkyl halides is 7. The lowest BCUT2D eigenvalue weighted by Crippen LogP contribution is -2.54. The molecular formula is C32H30Br3F7N6O9P2. The fourth-order valence-corrected chi connectivity index (χ4v) is 9.65. The van der Waals surface area contributed by atoms with Gasteiger partial charge in [0.25, 0.3) is 5.91 Å². The maximum atomic E-state index is 15.3. The third-order valence-electron chi connectivity index (χ3n) is 8.68. The van der Waals surface area contributed by atoms with Gasteiger partial charge in [0.15, 0.2) is 0 Å². The number of carbonyl (C=O) groups is 3. The molecule has 3 aromatic carbocycles. The van der Waals surface area contributed by atoms with Crippen LogP contribution in [0.5, 0.6) is 0 Å². The SMILES string of the molecule is COP(=O)(OC)C(F)(F)c1ccc(C[C@H](NC(=O)c2cc(Br)cc(C3(C(F)(F)F)N=N3)c2)C(=O)N[C@@H](Cc2ccc(C(F)(F)P(=O)(OC)ON)c(Br)c2)C(N)=O)cc1Br. The topological polar surface area (TPSA) is 223 Å². The Morgan fingerprint density at radius 1 is 0.746 bits per heavy atom. The summed E-state index contributed by atoms with van der Waals surface area (Å²) in [5.74, 6) is 1.39. The molecule has 0 spiro atoms. The van der Waals surface area contributed by atoms with Crippen LogP contribution in [-0.4, -0.2) is 57.3 Å². The largest absolute Gasteiger partial charge is 0.442 e. The van der Waals surface area contributed by atoms with E-state index in [0.717, 1.165) is 68.8 Å². The summed E-state index contributed by atoms with van der Waals surface area (Å²) >= 11 is 8.97. The van der Waals surface area contributed by atoms with Gasteiger partial charge < -0.3 is 29.9 Å². The molecule has 0 saturated carbocycles. The summed E-state index contributed by atoms with van der Waals surface area (Å²) in [6.07, 6.45) is -5.96. The summed E-state index contributed by atoms with van der Waals surface area (Å²) in [5, 5.41) is 10.9. The highest BCUT2D eigenvalue weighted by atomic mass is 79.9. The number of hydrogen-bond donors (Lipinski definition) is 4. The van der Waals surface area contributed by atoms with Gasteiger partial charge in [0.2, 0.25) is 11.8 Å². The van der Waals surface area contributed by atoms with E-state index in [1.54, 1.807) is 0 Å². The molecule has 3 atom stereocenters. The van der Waals surface area contributed by atoms with Crippen LogP contribution in [0.15, 0.2) is 78.2 Å². The van der Waals surface area contributed by atoms with Crippen LogP contribution in [0.4, 0.5) is 30.7 Å². The summed E-state index contributed by atoms with van der Waals surface area (Å²) in [6.45, 7) is 0. The van der Waals surface area contributed by atoms with Crippen LogP contribution >= 0.6 is 63.0 Å². The van der Waals surface area contributed by atoms with Crippen molar-refractivity contribution in [3.8, 4) is 0 Å². The third kappa shape index (κ3) is 9.84. The Kier molecular flexibility index (Phi) is 14.9. The van der Waals surface area contributed by atoms with E-state index in [-0.39, 0.29) is 24.5 Å². The lowest BCUT2D eigenvalue weighted by atomic mass is 9.99. The summed E-state index contributed by atoms with van der Waals surface area (Å²) in [6, 6.07) is 5.61. The molecule has 0 bridgehead atoms. The quantitative estimate of drug-likeness (QED) is 0.0545. The summed E-state index contributed by atoms with van der Waals surface area (Å²) in [4.78, 5) is 40.1. The predicted molar refractivity (Wildman–Crippen MR) is 204 cm³/mol. The first-order valence-corrected chi connectivity index (χ1v) is 21.5. The predicted octanol–water partition coefficient (Wildman–Crippen LogP) is 8.02. The van der Waals surface area contributed by atoms with E-state index in [4.69, 9.17) is 11.6 Å². The van der Waals surface area contributed by atoms with Gasteiger partial charge in [-0.1, -0.05) is 72.1 Å². The second kappa shape index (κ2) is 18.1. The van der Waals surface area contributed by atoms with Crippen LogP contribution in [0.1, 0.15) is 38.2 Å². The van der Waals surface area contributed by atoms with E-state index in [2.05, 4.69) is 86.8 Å². The molecule has 15 nitrogen and oxygen atoms in total. The minimum Gasteiger partial charge on any atom is -0.368 e. The van der Waals surface area contributed by atoms with Gasteiger partial charge in [0.1, 0.15) is 12.1 Å². The molecule has 4 rings (SSSR count). The van der Waals surface area contributed by atoms with Gasteiger partial charge in [-0.15, -0.1) is 10.2 Å². The van der Waals surface area contributed by atoms with Crippen molar-refractivity contribution < 1.29 is 72.4 Å². The van der Waals surface area contributed by atoms with Crippen LogP contribution in [0.2, 0.25) is 0 Å². The minimum absolute atomic E-state index is 0.00347. The second-order valence-electron chi connectivity index (χ2n) is 12.4. The number of nitrogens with two attached hydrogens (primary N) is 2. The lowest BCUT2D eigenvalue weighted by molar-refractivity contribution is -0.166. The summed E-state index contributed by atoms with van der Waals surface area (Å²) < 4.78 is 144. The van der Waals surface area contributed by atoms with Crippen LogP contribution < -0.4 is 22.3 Å². The molecule has 3 aromatic rings. The number of nitrogens with zero attached hydrogens (tertiary/aromatic N) is 2. The molecule has 322 valence electrons. The van der Waals surface area contributed by atoms with Crippen molar-refractivity contribution in [3.05, 3.63) is 101 Å². The number of halogens is 10. The molecule has 0 fully saturated rings. The van der Waals surface area contributed by atoms with Crippen molar-refractivity contribution in [1.29, 1.82) is 0 Å². The number of rotatable bonds is 18. The molecule has 0 aromatic heterocycles. The van der Waals surface area contributed by atoms with Crippen molar-refractivity contribution in [2.75, 3.05) is 21.3 Å². The molecule has 0 aliphatic carbocycles. The molecule has 6 N–H and O–H groups in total. The molecule has 27 heteroatoms. The van der Waals surface area contributed by atoms with Crippen molar-refractivity contribution in [3.63, 3.8) is 0 Å².